The highest BCUT2D eigenvalue weighted by molar-refractivity contribution is 5.94. The van der Waals surface area contributed by atoms with Crippen LogP contribution in [0.5, 0.6) is 0 Å². The van der Waals surface area contributed by atoms with Crippen molar-refractivity contribution >= 4 is 23.7 Å². The highest BCUT2D eigenvalue weighted by Gasteiger charge is 2.51. The summed E-state index contributed by atoms with van der Waals surface area (Å²) in [5, 5.41) is 14.0. The van der Waals surface area contributed by atoms with Crippen molar-refractivity contribution in [1.82, 2.24) is 15.9 Å². The summed E-state index contributed by atoms with van der Waals surface area (Å²) in [4.78, 5) is 33.8. The van der Waals surface area contributed by atoms with E-state index < -0.39 is 29.2 Å². The van der Waals surface area contributed by atoms with Crippen LogP contribution < -0.4 is 10.9 Å². The average molecular weight is 300 g/mol. The largest absolute Gasteiger partial charge is 0.509 e. The normalized spacial score (nSPS) is 21.8. The zero-order chi connectivity index (χ0) is 16.4. The molecule has 21 heavy (non-hydrogen) atoms. The van der Waals surface area contributed by atoms with Crippen LogP contribution in [0.4, 0.5) is 4.79 Å². The van der Waals surface area contributed by atoms with E-state index in [2.05, 4.69) is 16.0 Å². The third-order valence-corrected chi connectivity index (χ3v) is 2.82. The molecule has 118 valence electrons. The molecule has 9 nitrogen and oxygen atoms in total. The zero-order valence-corrected chi connectivity index (χ0v) is 12.7. The number of nitrogens with one attached hydrogen (secondary N) is 2. The van der Waals surface area contributed by atoms with E-state index in [0.717, 1.165) is 5.01 Å². The first kappa shape index (κ1) is 16.9. The van der Waals surface area contributed by atoms with Gasteiger partial charge in [-0.25, -0.2) is 4.79 Å². The van der Waals surface area contributed by atoms with Gasteiger partial charge in [-0.3, -0.25) is 15.0 Å². The summed E-state index contributed by atoms with van der Waals surface area (Å²) < 4.78 is 4.83. The molecule has 1 aliphatic rings. The third kappa shape index (κ3) is 3.91. The Hall–Kier alpha value is -2.16. The predicted octanol–water partition coefficient (Wildman–Crippen LogP) is 0.630. The van der Waals surface area contributed by atoms with Gasteiger partial charge < -0.3 is 9.84 Å². The molecule has 0 saturated carbocycles. The fourth-order valence-corrected chi connectivity index (χ4v) is 1.81. The second-order valence-corrected chi connectivity index (χ2v) is 5.76. The van der Waals surface area contributed by atoms with Crippen molar-refractivity contribution in [2.75, 3.05) is 0 Å². The van der Waals surface area contributed by atoms with Gasteiger partial charge in [-0.1, -0.05) is 20.8 Å². The van der Waals surface area contributed by atoms with Crippen molar-refractivity contribution in [2.45, 2.75) is 46.9 Å². The number of nitrogens with zero attached hydrogens (tertiary/aromatic N) is 2. The summed E-state index contributed by atoms with van der Waals surface area (Å²) in [5.74, 6) is -2.77. The highest BCUT2D eigenvalue weighted by Crippen LogP contribution is 2.33. The number of rotatable bonds is 3. The van der Waals surface area contributed by atoms with Crippen molar-refractivity contribution < 1.29 is 24.2 Å². The molecule has 0 aromatic heterocycles. The van der Waals surface area contributed by atoms with Gasteiger partial charge >= 0.3 is 6.16 Å². The van der Waals surface area contributed by atoms with Crippen LogP contribution in [-0.2, 0) is 14.3 Å². The smallest absolute Gasteiger partial charge is 0.450 e. The molecule has 1 unspecified atom stereocenters. The summed E-state index contributed by atoms with van der Waals surface area (Å²) in [6.45, 7) is 8.09. The van der Waals surface area contributed by atoms with Gasteiger partial charge in [0.2, 0.25) is 11.8 Å². The number of amides is 2. The first-order valence-electron chi connectivity index (χ1n) is 6.32. The van der Waals surface area contributed by atoms with Gasteiger partial charge in [-0.05, 0) is 0 Å². The Morgan fingerprint density at radius 2 is 1.90 bits per heavy atom. The molecular formula is C12H20N4O5. The molecule has 1 atom stereocenters. The maximum Gasteiger partial charge on any atom is 0.509 e. The molecule has 0 spiro atoms. The van der Waals surface area contributed by atoms with Crippen molar-refractivity contribution in [1.29, 1.82) is 0 Å². The van der Waals surface area contributed by atoms with E-state index in [0.29, 0.717) is 5.71 Å². The number of hydrogen-bond acceptors (Lipinski definition) is 6. The van der Waals surface area contributed by atoms with Crippen molar-refractivity contribution in [2.24, 2.45) is 10.5 Å². The van der Waals surface area contributed by atoms with Crippen LogP contribution in [0.25, 0.3) is 0 Å². The highest BCUT2D eigenvalue weighted by atomic mass is 16.7. The van der Waals surface area contributed by atoms with Gasteiger partial charge in [0.15, 0.2) is 0 Å². The molecule has 0 saturated heterocycles. The lowest BCUT2D eigenvalue weighted by Gasteiger charge is -2.34. The molecular weight excluding hydrogens is 280 g/mol. The van der Waals surface area contributed by atoms with E-state index in [1.165, 1.54) is 13.8 Å². The van der Waals surface area contributed by atoms with Crippen LogP contribution in [0.2, 0.25) is 0 Å². The molecule has 0 radical (unpaired) electrons. The first-order valence-corrected chi connectivity index (χ1v) is 6.32. The van der Waals surface area contributed by atoms with Gasteiger partial charge in [0.05, 0.1) is 12.1 Å². The molecule has 1 aliphatic heterocycles. The second-order valence-electron chi connectivity index (χ2n) is 5.76. The molecule has 9 heteroatoms. The summed E-state index contributed by atoms with van der Waals surface area (Å²) in [6, 6.07) is 0. The molecule has 2 amide bonds. The molecule has 0 aliphatic carbocycles. The van der Waals surface area contributed by atoms with E-state index in [-0.39, 0.29) is 6.42 Å². The van der Waals surface area contributed by atoms with Crippen molar-refractivity contribution in [3.63, 3.8) is 0 Å². The fourth-order valence-electron chi connectivity index (χ4n) is 1.81. The number of ether oxygens (including phenoxy) is 1. The van der Waals surface area contributed by atoms with Crippen LogP contribution in [0.15, 0.2) is 5.10 Å². The molecule has 0 aromatic rings. The standard InChI is InChI=1S/C12H20N4O5/c1-7(17)13-15-12(21-10(19)20)6-9(11(3,4)5)14-16(12)8(2)18/h15H,6H2,1-5H3,(H,13,17)(H,19,20). The minimum atomic E-state index is -1.79. The predicted molar refractivity (Wildman–Crippen MR) is 72.8 cm³/mol. The summed E-state index contributed by atoms with van der Waals surface area (Å²) in [6.07, 6.45) is -1.59. The lowest BCUT2D eigenvalue weighted by atomic mass is 9.87. The number of carbonyl (C=O) groups excluding carboxylic acids is 2. The average Bonchev–Trinajstić information content (AvgIpc) is 2.65. The Morgan fingerprint density at radius 3 is 2.29 bits per heavy atom. The lowest BCUT2D eigenvalue weighted by Crippen LogP contribution is -2.64. The van der Waals surface area contributed by atoms with Crippen LogP contribution >= 0.6 is 0 Å². The first-order chi connectivity index (χ1) is 9.48. The van der Waals surface area contributed by atoms with Crippen LogP contribution in [0.3, 0.4) is 0 Å². The molecule has 0 fully saturated rings. The minimum Gasteiger partial charge on any atom is -0.450 e. The van der Waals surface area contributed by atoms with E-state index in [4.69, 9.17) is 9.84 Å². The quantitative estimate of drug-likeness (QED) is 0.399. The lowest BCUT2D eigenvalue weighted by molar-refractivity contribution is -0.170. The van der Waals surface area contributed by atoms with Crippen LogP contribution in [0.1, 0.15) is 41.0 Å². The van der Waals surface area contributed by atoms with Gasteiger partial charge in [0, 0.05) is 19.3 Å². The zero-order valence-electron chi connectivity index (χ0n) is 12.7. The number of hydrogen-bond donors (Lipinski definition) is 3. The van der Waals surface area contributed by atoms with Crippen molar-refractivity contribution in [3.8, 4) is 0 Å². The molecule has 0 aromatic carbocycles. The Kier molecular flexibility index (Phi) is 4.57. The molecule has 1 rings (SSSR count). The minimum absolute atomic E-state index is 0.00264. The Morgan fingerprint density at radius 1 is 1.33 bits per heavy atom. The Labute approximate surface area is 122 Å². The maximum absolute atomic E-state index is 11.8. The SMILES string of the molecule is CC(=O)NNC1(OC(=O)O)CC(C(C)(C)C)=NN1C(C)=O. The second kappa shape index (κ2) is 5.68. The fraction of sp³-hybridized carbons (Fsp3) is 0.667. The van der Waals surface area contributed by atoms with Gasteiger partial charge in [-0.15, -0.1) is 0 Å². The molecule has 1 heterocycles. The van der Waals surface area contributed by atoms with Gasteiger partial charge in [0.25, 0.3) is 5.85 Å². The van der Waals surface area contributed by atoms with E-state index in [1.54, 1.807) is 0 Å². The maximum atomic E-state index is 11.8. The van der Waals surface area contributed by atoms with E-state index in [9.17, 15) is 14.4 Å². The van der Waals surface area contributed by atoms with Crippen LogP contribution in [-0.4, -0.2) is 39.6 Å². The Bertz CT molecular complexity index is 496. The third-order valence-electron chi connectivity index (χ3n) is 2.82. The summed E-state index contributed by atoms with van der Waals surface area (Å²) in [5.41, 5.74) is 4.87. The van der Waals surface area contributed by atoms with Crippen molar-refractivity contribution in [3.05, 3.63) is 0 Å². The molecule has 0 bridgehead atoms. The Balaban J connectivity index is 3.18. The van der Waals surface area contributed by atoms with Gasteiger partial charge in [0.1, 0.15) is 0 Å². The number of carboxylic acid groups (broad SMARTS) is 1. The van der Waals surface area contributed by atoms with E-state index >= 15 is 0 Å². The number of carbonyl (C=O) groups is 3. The number of hydrazone groups is 1. The van der Waals surface area contributed by atoms with Gasteiger partial charge in [-0.2, -0.15) is 15.5 Å². The molecule has 3 N–H and O–H groups in total. The summed E-state index contributed by atoms with van der Waals surface area (Å²) >= 11 is 0. The topological polar surface area (TPSA) is 120 Å². The number of hydrazine groups is 1. The van der Waals surface area contributed by atoms with E-state index in [1.807, 2.05) is 20.8 Å². The van der Waals surface area contributed by atoms with Crippen LogP contribution in [0, 0.1) is 5.41 Å². The summed E-state index contributed by atoms with van der Waals surface area (Å²) in [7, 11) is 0. The monoisotopic (exact) mass is 300 g/mol.